The van der Waals surface area contributed by atoms with Crippen LogP contribution in [0.25, 0.3) is 0 Å². The van der Waals surface area contributed by atoms with Crippen LogP contribution in [0.2, 0.25) is 5.02 Å². The predicted octanol–water partition coefficient (Wildman–Crippen LogP) is 2.55. The molecule has 0 aliphatic heterocycles. The summed E-state index contributed by atoms with van der Waals surface area (Å²) in [5.41, 5.74) is 0.711. The van der Waals surface area contributed by atoms with Gasteiger partial charge in [-0.15, -0.1) is 0 Å². The first-order valence-electron chi connectivity index (χ1n) is 6.49. The van der Waals surface area contributed by atoms with E-state index in [4.69, 9.17) is 21.4 Å². The summed E-state index contributed by atoms with van der Waals surface area (Å²) in [4.78, 5) is 0. The molecule has 19 heavy (non-hydrogen) atoms. The van der Waals surface area contributed by atoms with E-state index in [1.807, 2.05) is 0 Å². The first-order chi connectivity index (χ1) is 9.12. The van der Waals surface area contributed by atoms with Crippen LogP contribution in [0.4, 0.5) is 0 Å². The monoisotopic (exact) mass is 287 g/mol. The molecule has 4 nitrogen and oxygen atoms in total. The highest BCUT2D eigenvalue weighted by Gasteiger charge is 2.11. The maximum absolute atomic E-state index is 9.98. The maximum atomic E-state index is 9.98. The standard InChI is InChI=1S/C14H22ClNO3/c1-3-10(4-5-17)8-16-9-11-6-12(15)7-13(19-2)14(11)18/h6-7,10,16-18H,3-5,8-9H2,1-2H3. The summed E-state index contributed by atoms with van der Waals surface area (Å²) in [5, 5.41) is 22.7. The third-order valence-corrected chi connectivity index (χ3v) is 3.42. The molecule has 1 rings (SSSR count). The lowest BCUT2D eigenvalue weighted by Gasteiger charge is -2.15. The minimum Gasteiger partial charge on any atom is -0.504 e. The highest BCUT2D eigenvalue weighted by atomic mass is 35.5. The molecule has 0 aliphatic carbocycles. The van der Waals surface area contributed by atoms with Gasteiger partial charge in [0.05, 0.1) is 7.11 Å². The third-order valence-electron chi connectivity index (χ3n) is 3.20. The number of hydrogen-bond acceptors (Lipinski definition) is 4. The minimum absolute atomic E-state index is 0.120. The van der Waals surface area contributed by atoms with Crippen molar-refractivity contribution >= 4 is 11.6 Å². The van der Waals surface area contributed by atoms with Gasteiger partial charge in [0, 0.05) is 29.8 Å². The van der Waals surface area contributed by atoms with Gasteiger partial charge in [-0.05, 0) is 24.9 Å². The Morgan fingerprint density at radius 2 is 2.16 bits per heavy atom. The zero-order valence-electron chi connectivity index (χ0n) is 11.4. The second-order valence-electron chi connectivity index (χ2n) is 4.53. The molecule has 0 fully saturated rings. The fourth-order valence-electron chi connectivity index (χ4n) is 1.96. The largest absolute Gasteiger partial charge is 0.504 e. The molecule has 0 aromatic heterocycles. The highest BCUT2D eigenvalue weighted by molar-refractivity contribution is 6.30. The van der Waals surface area contributed by atoms with Gasteiger partial charge in [-0.1, -0.05) is 24.9 Å². The zero-order chi connectivity index (χ0) is 14.3. The topological polar surface area (TPSA) is 61.7 Å². The van der Waals surface area contributed by atoms with Gasteiger partial charge in [0.25, 0.3) is 0 Å². The first kappa shape index (κ1) is 16.1. The van der Waals surface area contributed by atoms with Crippen molar-refractivity contribution in [3.63, 3.8) is 0 Å². The molecule has 0 amide bonds. The molecule has 1 unspecified atom stereocenters. The first-order valence-corrected chi connectivity index (χ1v) is 6.87. The van der Waals surface area contributed by atoms with Crippen molar-refractivity contribution in [2.75, 3.05) is 20.3 Å². The van der Waals surface area contributed by atoms with Crippen molar-refractivity contribution in [3.8, 4) is 11.5 Å². The van der Waals surface area contributed by atoms with E-state index in [9.17, 15) is 5.11 Å². The number of phenols is 1. The van der Waals surface area contributed by atoms with Crippen LogP contribution in [0.1, 0.15) is 25.3 Å². The van der Waals surface area contributed by atoms with Crippen molar-refractivity contribution in [3.05, 3.63) is 22.7 Å². The second-order valence-corrected chi connectivity index (χ2v) is 4.97. The summed E-state index contributed by atoms with van der Waals surface area (Å²) in [6.45, 7) is 3.62. The molecule has 1 aromatic rings. The molecule has 3 N–H and O–H groups in total. The Balaban J connectivity index is 2.60. The molecule has 0 radical (unpaired) electrons. The van der Waals surface area contributed by atoms with E-state index < -0.39 is 0 Å². The molecule has 0 spiro atoms. The Morgan fingerprint density at radius 3 is 2.74 bits per heavy atom. The van der Waals surface area contributed by atoms with E-state index in [0.717, 1.165) is 19.4 Å². The SMILES string of the molecule is CCC(CCO)CNCc1cc(Cl)cc(OC)c1O. The maximum Gasteiger partial charge on any atom is 0.162 e. The van der Waals surface area contributed by atoms with Gasteiger partial charge in [0.2, 0.25) is 0 Å². The summed E-state index contributed by atoms with van der Waals surface area (Å²) in [6, 6.07) is 3.31. The van der Waals surface area contributed by atoms with Crippen molar-refractivity contribution in [1.29, 1.82) is 0 Å². The molecular weight excluding hydrogens is 266 g/mol. The minimum atomic E-state index is 0.120. The molecule has 0 saturated heterocycles. The number of rotatable bonds is 8. The van der Waals surface area contributed by atoms with Crippen LogP contribution in [0, 0.1) is 5.92 Å². The number of nitrogens with one attached hydrogen (secondary N) is 1. The van der Waals surface area contributed by atoms with Crippen molar-refractivity contribution in [2.45, 2.75) is 26.3 Å². The van der Waals surface area contributed by atoms with Crippen LogP contribution in [0.5, 0.6) is 11.5 Å². The second kappa shape index (κ2) is 8.25. The molecule has 0 heterocycles. The van der Waals surface area contributed by atoms with E-state index in [0.29, 0.717) is 28.8 Å². The molecule has 5 heteroatoms. The lowest BCUT2D eigenvalue weighted by molar-refractivity contribution is 0.251. The molecule has 1 atom stereocenters. The summed E-state index contributed by atoms with van der Waals surface area (Å²) < 4.78 is 5.06. The Hall–Kier alpha value is -0.970. The number of methoxy groups -OCH3 is 1. The van der Waals surface area contributed by atoms with Gasteiger partial charge in [-0.25, -0.2) is 0 Å². The average Bonchev–Trinajstić information content (AvgIpc) is 2.41. The van der Waals surface area contributed by atoms with Gasteiger partial charge in [-0.2, -0.15) is 0 Å². The Bertz CT molecular complexity index is 399. The molecule has 1 aromatic carbocycles. The number of halogens is 1. The van der Waals surface area contributed by atoms with E-state index in [1.165, 1.54) is 7.11 Å². The van der Waals surface area contributed by atoms with Crippen LogP contribution in [0.3, 0.4) is 0 Å². The third kappa shape index (κ3) is 4.90. The number of benzene rings is 1. The normalized spacial score (nSPS) is 12.4. The van der Waals surface area contributed by atoms with Crippen molar-refractivity contribution < 1.29 is 14.9 Å². The lowest BCUT2D eigenvalue weighted by atomic mass is 10.0. The smallest absolute Gasteiger partial charge is 0.162 e. The van der Waals surface area contributed by atoms with Crippen LogP contribution in [-0.2, 0) is 6.54 Å². The molecule has 108 valence electrons. The fourth-order valence-corrected chi connectivity index (χ4v) is 2.19. The summed E-state index contributed by atoms with van der Waals surface area (Å²) in [5.74, 6) is 0.939. The Labute approximate surface area is 119 Å². The lowest BCUT2D eigenvalue weighted by Crippen LogP contribution is -2.23. The van der Waals surface area contributed by atoms with Gasteiger partial charge >= 0.3 is 0 Å². The van der Waals surface area contributed by atoms with Crippen molar-refractivity contribution in [1.82, 2.24) is 5.32 Å². The van der Waals surface area contributed by atoms with Crippen LogP contribution in [0.15, 0.2) is 12.1 Å². The average molecular weight is 288 g/mol. The van der Waals surface area contributed by atoms with Gasteiger partial charge < -0.3 is 20.3 Å². The fraction of sp³-hybridized carbons (Fsp3) is 0.571. The van der Waals surface area contributed by atoms with E-state index >= 15 is 0 Å². The molecule has 0 aliphatic rings. The molecular formula is C14H22ClNO3. The summed E-state index contributed by atoms with van der Waals surface area (Å²) in [6.07, 6.45) is 1.80. The van der Waals surface area contributed by atoms with Crippen LogP contribution < -0.4 is 10.1 Å². The summed E-state index contributed by atoms with van der Waals surface area (Å²) >= 11 is 5.97. The Kier molecular flexibility index (Phi) is 6.99. The number of ether oxygens (including phenoxy) is 1. The van der Waals surface area contributed by atoms with E-state index in [1.54, 1.807) is 12.1 Å². The number of aliphatic hydroxyl groups excluding tert-OH is 1. The molecule has 0 bridgehead atoms. The zero-order valence-corrected chi connectivity index (χ0v) is 12.2. The van der Waals surface area contributed by atoms with Crippen molar-refractivity contribution in [2.24, 2.45) is 5.92 Å². The predicted molar refractivity (Wildman–Crippen MR) is 76.9 cm³/mol. The molecule has 0 saturated carbocycles. The number of hydrogen-bond donors (Lipinski definition) is 3. The quantitative estimate of drug-likeness (QED) is 0.688. The van der Waals surface area contributed by atoms with Gasteiger partial charge in [0.1, 0.15) is 0 Å². The van der Waals surface area contributed by atoms with Crippen LogP contribution in [-0.4, -0.2) is 30.5 Å². The van der Waals surface area contributed by atoms with Gasteiger partial charge in [0.15, 0.2) is 11.5 Å². The number of phenolic OH excluding ortho intramolecular Hbond substituents is 1. The van der Waals surface area contributed by atoms with E-state index in [-0.39, 0.29) is 12.4 Å². The van der Waals surface area contributed by atoms with E-state index in [2.05, 4.69) is 12.2 Å². The number of aliphatic hydroxyl groups is 1. The Morgan fingerprint density at radius 1 is 1.42 bits per heavy atom. The highest BCUT2D eigenvalue weighted by Crippen LogP contribution is 2.33. The van der Waals surface area contributed by atoms with Crippen LogP contribution >= 0.6 is 11.6 Å². The number of aromatic hydroxyl groups is 1. The summed E-state index contributed by atoms with van der Waals surface area (Å²) in [7, 11) is 1.50. The van der Waals surface area contributed by atoms with Gasteiger partial charge in [-0.3, -0.25) is 0 Å².